The van der Waals surface area contributed by atoms with Crippen LogP contribution >= 0.6 is 0 Å². The van der Waals surface area contributed by atoms with Gasteiger partial charge in [0.1, 0.15) is 17.4 Å². The Labute approximate surface area is 156 Å². The molecule has 0 saturated carbocycles. The third-order valence-corrected chi connectivity index (χ3v) is 5.22. The Balaban J connectivity index is 1.46. The first-order chi connectivity index (χ1) is 13.3. The fraction of sp³-hybridized carbons (Fsp3) is 0.300. The van der Waals surface area contributed by atoms with E-state index in [9.17, 15) is 0 Å². The monoisotopic (exact) mass is 360 g/mol. The molecule has 1 fully saturated rings. The van der Waals surface area contributed by atoms with Crippen LogP contribution in [-0.4, -0.2) is 46.3 Å². The van der Waals surface area contributed by atoms with Crippen LogP contribution < -0.4 is 9.80 Å². The summed E-state index contributed by atoms with van der Waals surface area (Å²) in [5.74, 6) is 1.76. The molecule has 0 N–H and O–H groups in total. The van der Waals surface area contributed by atoms with E-state index in [1.165, 1.54) is 0 Å². The van der Waals surface area contributed by atoms with Crippen LogP contribution in [0.2, 0.25) is 0 Å². The highest BCUT2D eigenvalue weighted by Gasteiger charge is 2.28. The minimum atomic E-state index is 0.362. The van der Waals surface area contributed by atoms with Gasteiger partial charge < -0.3 is 14.2 Å². The predicted molar refractivity (Wildman–Crippen MR) is 105 cm³/mol. The first kappa shape index (κ1) is 16.0. The lowest BCUT2D eigenvalue weighted by Crippen LogP contribution is -2.39. The highest BCUT2D eigenvalue weighted by molar-refractivity contribution is 6.05. The number of fused-ring (bicyclic) bond motifs is 3. The molecule has 136 valence electrons. The molecule has 1 aliphatic rings. The highest BCUT2D eigenvalue weighted by Crippen LogP contribution is 2.32. The van der Waals surface area contributed by atoms with Gasteiger partial charge in [0.05, 0.1) is 0 Å². The van der Waals surface area contributed by atoms with E-state index in [1.807, 2.05) is 36.4 Å². The summed E-state index contributed by atoms with van der Waals surface area (Å²) in [6.07, 6.45) is 5.60. The van der Waals surface area contributed by atoms with Gasteiger partial charge in [0.2, 0.25) is 0 Å². The van der Waals surface area contributed by atoms with Gasteiger partial charge in [0, 0.05) is 37.8 Å². The maximum absolute atomic E-state index is 6.08. The van der Waals surface area contributed by atoms with Crippen molar-refractivity contribution >= 4 is 33.7 Å². The van der Waals surface area contributed by atoms with E-state index in [1.54, 1.807) is 12.5 Å². The molecule has 5 rings (SSSR count). The van der Waals surface area contributed by atoms with E-state index in [4.69, 9.17) is 4.42 Å². The predicted octanol–water partition coefficient (Wildman–Crippen LogP) is 3.27. The van der Waals surface area contributed by atoms with Crippen molar-refractivity contribution < 1.29 is 4.42 Å². The van der Waals surface area contributed by atoms with E-state index in [2.05, 4.69) is 37.0 Å². The summed E-state index contributed by atoms with van der Waals surface area (Å²) in [5.41, 5.74) is 2.44. The summed E-state index contributed by atoms with van der Waals surface area (Å²) in [6, 6.07) is 12.3. The third-order valence-electron chi connectivity index (χ3n) is 5.22. The molecule has 1 saturated heterocycles. The lowest BCUT2D eigenvalue weighted by molar-refractivity contribution is 0.632. The molecule has 3 aromatic heterocycles. The van der Waals surface area contributed by atoms with E-state index in [0.29, 0.717) is 6.04 Å². The highest BCUT2D eigenvalue weighted by atomic mass is 16.3. The topological polar surface area (TPSA) is 71.2 Å². The number of para-hydroxylation sites is 1. The summed E-state index contributed by atoms with van der Waals surface area (Å²) < 4.78 is 6.08. The van der Waals surface area contributed by atoms with Crippen LogP contribution in [0, 0.1) is 0 Å². The Morgan fingerprint density at radius 1 is 1.19 bits per heavy atom. The first-order valence-electron chi connectivity index (χ1n) is 9.19. The Morgan fingerprint density at radius 2 is 2.11 bits per heavy atom. The van der Waals surface area contributed by atoms with Crippen LogP contribution in [0.1, 0.15) is 12.8 Å². The second-order valence-electron chi connectivity index (χ2n) is 6.93. The van der Waals surface area contributed by atoms with Gasteiger partial charge in [-0.05, 0) is 37.1 Å². The minimum Gasteiger partial charge on any atom is -0.450 e. The lowest BCUT2D eigenvalue weighted by Gasteiger charge is -2.29. The number of benzene rings is 1. The molecule has 0 bridgehead atoms. The molecule has 7 heteroatoms. The molecule has 1 atom stereocenters. The zero-order valence-electron chi connectivity index (χ0n) is 15.1. The molecule has 27 heavy (non-hydrogen) atoms. The smallest absolute Gasteiger partial charge is 0.196 e. The fourth-order valence-electron chi connectivity index (χ4n) is 3.96. The van der Waals surface area contributed by atoms with Crippen molar-refractivity contribution in [2.75, 3.05) is 29.9 Å². The lowest BCUT2D eigenvalue weighted by atomic mass is 10.2. The van der Waals surface area contributed by atoms with Crippen LogP contribution in [0.25, 0.3) is 22.1 Å². The normalized spacial score (nSPS) is 17.1. The van der Waals surface area contributed by atoms with Crippen LogP contribution in [0.4, 0.5) is 11.6 Å². The van der Waals surface area contributed by atoms with Crippen molar-refractivity contribution in [1.82, 2.24) is 20.2 Å². The van der Waals surface area contributed by atoms with Crippen molar-refractivity contribution in [3.05, 3.63) is 48.9 Å². The molecular formula is C20H20N6O. The molecular weight excluding hydrogens is 340 g/mol. The third kappa shape index (κ3) is 2.75. The maximum atomic E-state index is 6.08. The number of hydrogen-bond acceptors (Lipinski definition) is 7. The number of nitrogens with zero attached hydrogens (tertiary/aromatic N) is 6. The molecule has 4 heterocycles. The minimum absolute atomic E-state index is 0.362. The van der Waals surface area contributed by atoms with Gasteiger partial charge in [0.15, 0.2) is 17.2 Å². The van der Waals surface area contributed by atoms with E-state index in [0.717, 1.165) is 59.6 Å². The molecule has 0 spiro atoms. The largest absolute Gasteiger partial charge is 0.450 e. The Kier molecular flexibility index (Phi) is 3.85. The molecule has 0 amide bonds. The summed E-state index contributed by atoms with van der Waals surface area (Å²) in [5, 5.41) is 9.33. The van der Waals surface area contributed by atoms with Crippen molar-refractivity contribution in [2.45, 2.75) is 18.9 Å². The molecule has 1 unspecified atom stereocenters. The van der Waals surface area contributed by atoms with Crippen molar-refractivity contribution in [3.8, 4) is 0 Å². The molecule has 4 aromatic rings. The Morgan fingerprint density at radius 3 is 3.00 bits per heavy atom. The number of likely N-dealkylation sites (N-methyl/N-ethyl adjacent to an activating group) is 1. The van der Waals surface area contributed by atoms with Crippen LogP contribution in [0.3, 0.4) is 0 Å². The maximum Gasteiger partial charge on any atom is 0.196 e. The molecule has 0 radical (unpaired) electrons. The van der Waals surface area contributed by atoms with Gasteiger partial charge in [-0.15, -0.1) is 5.10 Å². The molecule has 1 aliphatic heterocycles. The molecule has 7 nitrogen and oxygen atoms in total. The molecule has 0 aliphatic carbocycles. The van der Waals surface area contributed by atoms with Crippen molar-refractivity contribution in [3.63, 3.8) is 0 Å². The second-order valence-corrected chi connectivity index (χ2v) is 6.93. The van der Waals surface area contributed by atoms with Crippen molar-refractivity contribution in [2.24, 2.45) is 0 Å². The zero-order chi connectivity index (χ0) is 18.2. The van der Waals surface area contributed by atoms with Crippen LogP contribution in [0.15, 0.2) is 53.3 Å². The second kappa shape index (κ2) is 6.50. The fourth-order valence-corrected chi connectivity index (χ4v) is 3.96. The van der Waals surface area contributed by atoms with E-state index < -0.39 is 0 Å². The number of anilines is 2. The Hall–Kier alpha value is -3.22. The number of furan rings is 1. The first-order valence-corrected chi connectivity index (χ1v) is 9.19. The van der Waals surface area contributed by atoms with Gasteiger partial charge in [-0.25, -0.2) is 9.97 Å². The quantitative estimate of drug-likeness (QED) is 0.553. The van der Waals surface area contributed by atoms with Gasteiger partial charge >= 0.3 is 0 Å². The number of aromatic nitrogens is 4. The van der Waals surface area contributed by atoms with E-state index >= 15 is 0 Å². The van der Waals surface area contributed by atoms with Crippen molar-refractivity contribution in [1.29, 1.82) is 0 Å². The number of rotatable bonds is 4. The van der Waals surface area contributed by atoms with Gasteiger partial charge in [-0.2, -0.15) is 5.10 Å². The van der Waals surface area contributed by atoms with Crippen LogP contribution in [-0.2, 0) is 0 Å². The summed E-state index contributed by atoms with van der Waals surface area (Å²) >= 11 is 0. The Bertz CT molecular complexity index is 1080. The average Bonchev–Trinajstić information content (AvgIpc) is 3.32. The molecule has 1 aromatic carbocycles. The average molecular weight is 360 g/mol. The summed E-state index contributed by atoms with van der Waals surface area (Å²) in [7, 11) is 2.06. The zero-order valence-corrected chi connectivity index (χ0v) is 15.1. The van der Waals surface area contributed by atoms with Crippen LogP contribution in [0.5, 0.6) is 0 Å². The standard InChI is InChI=1S/C20H20N6O/c1-25(12-14-6-5-11-26(14)17-9-4-10-23-24-17)20-19-18(21-13-22-20)15-7-2-3-8-16(15)27-19/h2-4,7-10,13-14H,5-6,11-12H2,1H3. The number of hydrogen-bond donors (Lipinski definition) is 0. The van der Waals surface area contributed by atoms with E-state index in [-0.39, 0.29) is 0 Å². The van der Waals surface area contributed by atoms with Gasteiger partial charge in [0.25, 0.3) is 0 Å². The SMILES string of the molecule is CN(CC1CCCN1c1cccnn1)c1ncnc2c1oc1ccccc12. The summed E-state index contributed by atoms with van der Waals surface area (Å²) in [4.78, 5) is 13.5. The van der Waals surface area contributed by atoms with Gasteiger partial charge in [-0.3, -0.25) is 0 Å². The summed E-state index contributed by atoms with van der Waals surface area (Å²) in [6.45, 7) is 1.83. The van der Waals surface area contributed by atoms with Gasteiger partial charge in [-0.1, -0.05) is 12.1 Å².